The first-order chi connectivity index (χ1) is 14.2. The Kier molecular flexibility index (Phi) is 6.53. The first kappa shape index (κ1) is 21.9. The maximum Gasteiger partial charge on any atom is 0.288 e. The Morgan fingerprint density at radius 2 is 1.93 bits per heavy atom. The van der Waals surface area contributed by atoms with Gasteiger partial charge in [-0.05, 0) is 47.7 Å². The van der Waals surface area contributed by atoms with Gasteiger partial charge in [-0.25, -0.2) is 12.7 Å². The van der Waals surface area contributed by atoms with Crippen LogP contribution in [0.2, 0.25) is 0 Å². The first-order valence-corrected chi connectivity index (χ1v) is 10.7. The molecule has 160 valence electrons. The third-order valence-electron chi connectivity index (χ3n) is 3.85. The molecule has 13 heteroatoms. The summed E-state index contributed by atoms with van der Waals surface area (Å²) in [5, 5.41) is 10.2. The Labute approximate surface area is 175 Å². The second-order valence-electron chi connectivity index (χ2n) is 6.12. The molecule has 9 nitrogen and oxygen atoms in total. The summed E-state index contributed by atoms with van der Waals surface area (Å²) in [6.45, 7) is -0.434. The van der Waals surface area contributed by atoms with Crippen LogP contribution >= 0.6 is 11.8 Å². The van der Waals surface area contributed by atoms with E-state index in [9.17, 15) is 22.0 Å². The van der Waals surface area contributed by atoms with Crippen molar-refractivity contribution in [2.75, 3.05) is 26.0 Å². The van der Waals surface area contributed by atoms with Crippen molar-refractivity contribution in [3.8, 4) is 0 Å². The zero-order valence-electron chi connectivity index (χ0n) is 15.8. The summed E-state index contributed by atoms with van der Waals surface area (Å²) in [4.78, 5) is 18.8. The normalized spacial score (nSPS) is 11.9. The highest BCUT2D eigenvalue weighted by molar-refractivity contribution is 7.99. The van der Waals surface area contributed by atoms with Crippen molar-refractivity contribution in [3.05, 3.63) is 42.5 Å². The number of benzene rings is 2. The second kappa shape index (κ2) is 8.93. The largest absolute Gasteiger partial charge is 0.385 e. The number of amides is 1. The minimum atomic E-state index is -3.67. The van der Waals surface area contributed by atoms with Gasteiger partial charge in [-0.1, -0.05) is 16.6 Å². The van der Waals surface area contributed by atoms with Gasteiger partial charge in [-0.3, -0.25) is 4.79 Å². The monoisotopic (exact) mass is 457 g/mol. The maximum absolute atomic E-state index is 12.3. The number of carbonyl (C=O) groups is 1. The average Bonchev–Trinajstić information content (AvgIpc) is 3.09. The maximum atomic E-state index is 12.3. The SMILES string of the molecule is CN(C)S(=O)(=O)c1ccc2nnn(OCC(=O)Nc3ccc(SC(F)F)cc3)c2c1. The van der Waals surface area contributed by atoms with Crippen LogP contribution in [0.3, 0.4) is 0 Å². The molecule has 1 aromatic heterocycles. The molecule has 3 aromatic rings. The van der Waals surface area contributed by atoms with Crippen LogP contribution in [0.5, 0.6) is 0 Å². The lowest BCUT2D eigenvalue weighted by atomic mass is 10.3. The molecule has 1 amide bonds. The van der Waals surface area contributed by atoms with Crippen molar-refractivity contribution in [1.82, 2.24) is 19.5 Å². The Bertz CT molecular complexity index is 1150. The van der Waals surface area contributed by atoms with Crippen LogP contribution in [0, 0.1) is 0 Å². The zero-order valence-corrected chi connectivity index (χ0v) is 17.5. The van der Waals surface area contributed by atoms with Crippen molar-refractivity contribution in [2.24, 2.45) is 0 Å². The summed E-state index contributed by atoms with van der Waals surface area (Å²) in [6, 6.07) is 10.1. The van der Waals surface area contributed by atoms with E-state index in [1.807, 2.05) is 0 Å². The number of alkyl halides is 2. The zero-order chi connectivity index (χ0) is 21.9. The lowest BCUT2D eigenvalue weighted by Crippen LogP contribution is -2.26. The van der Waals surface area contributed by atoms with Crippen molar-refractivity contribution in [3.63, 3.8) is 0 Å². The molecule has 0 fully saturated rings. The molecule has 0 aliphatic rings. The highest BCUT2D eigenvalue weighted by Gasteiger charge is 2.19. The molecule has 0 spiro atoms. The van der Waals surface area contributed by atoms with E-state index < -0.39 is 28.3 Å². The van der Waals surface area contributed by atoms with E-state index in [4.69, 9.17) is 4.84 Å². The van der Waals surface area contributed by atoms with E-state index in [0.717, 1.165) is 9.15 Å². The van der Waals surface area contributed by atoms with Crippen molar-refractivity contribution >= 4 is 44.4 Å². The third-order valence-corrected chi connectivity index (χ3v) is 6.38. The van der Waals surface area contributed by atoms with E-state index >= 15 is 0 Å². The lowest BCUT2D eigenvalue weighted by molar-refractivity contribution is -0.121. The molecule has 1 heterocycles. The molecule has 30 heavy (non-hydrogen) atoms. The highest BCUT2D eigenvalue weighted by Crippen LogP contribution is 2.26. The molecule has 3 rings (SSSR count). The van der Waals surface area contributed by atoms with Gasteiger partial charge >= 0.3 is 0 Å². The quantitative estimate of drug-likeness (QED) is 0.516. The molecule has 0 aliphatic carbocycles. The van der Waals surface area contributed by atoms with Gasteiger partial charge in [0.25, 0.3) is 11.7 Å². The van der Waals surface area contributed by atoms with E-state index in [-0.39, 0.29) is 10.4 Å². The topological polar surface area (TPSA) is 106 Å². The van der Waals surface area contributed by atoms with Gasteiger partial charge in [0.1, 0.15) is 11.0 Å². The van der Waals surface area contributed by atoms with Crippen LogP contribution in [0.15, 0.2) is 52.3 Å². The van der Waals surface area contributed by atoms with E-state index in [1.165, 1.54) is 56.6 Å². The van der Waals surface area contributed by atoms with Crippen LogP contribution in [0.4, 0.5) is 14.5 Å². The van der Waals surface area contributed by atoms with Gasteiger partial charge in [0.15, 0.2) is 6.61 Å². The van der Waals surface area contributed by atoms with E-state index in [0.29, 0.717) is 27.9 Å². The molecule has 0 aliphatic heterocycles. The van der Waals surface area contributed by atoms with Crippen LogP contribution < -0.4 is 10.2 Å². The van der Waals surface area contributed by atoms with Crippen molar-refractivity contribution in [2.45, 2.75) is 15.5 Å². The number of nitrogens with zero attached hydrogens (tertiary/aromatic N) is 4. The Balaban J connectivity index is 1.67. The summed E-state index contributed by atoms with van der Waals surface area (Å²) in [7, 11) is -0.843. The molecule has 1 N–H and O–H groups in total. The molecule has 0 radical (unpaired) electrons. The van der Waals surface area contributed by atoms with Gasteiger partial charge in [0.2, 0.25) is 10.0 Å². The predicted molar refractivity (Wildman–Crippen MR) is 107 cm³/mol. The number of rotatable bonds is 8. The summed E-state index contributed by atoms with van der Waals surface area (Å²) in [6.07, 6.45) is 0. The molecular weight excluding hydrogens is 440 g/mol. The smallest absolute Gasteiger partial charge is 0.288 e. The number of carbonyl (C=O) groups excluding carboxylic acids is 1. The van der Waals surface area contributed by atoms with Gasteiger partial charge in [0.05, 0.1) is 4.90 Å². The van der Waals surface area contributed by atoms with Crippen LogP contribution in [0.25, 0.3) is 11.0 Å². The van der Waals surface area contributed by atoms with Gasteiger partial charge in [-0.15, -0.1) is 5.10 Å². The second-order valence-corrected chi connectivity index (χ2v) is 9.34. The number of halogens is 2. The Morgan fingerprint density at radius 3 is 2.57 bits per heavy atom. The number of nitrogens with one attached hydrogen (secondary N) is 1. The fourth-order valence-corrected chi connectivity index (χ4v) is 3.80. The summed E-state index contributed by atoms with van der Waals surface area (Å²) in [5.41, 5.74) is 1.07. The van der Waals surface area contributed by atoms with Crippen LogP contribution in [0.1, 0.15) is 0 Å². The fourth-order valence-electron chi connectivity index (χ4n) is 2.38. The molecule has 0 unspecified atom stereocenters. The number of thioether (sulfide) groups is 1. The minimum Gasteiger partial charge on any atom is -0.385 e. The lowest BCUT2D eigenvalue weighted by Gasteiger charge is -2.11. The summed E-state index contributed by atoms with van der Waals surface area (Å²) in [5.74, 6) is -3.05. The van der Waals surface area contributed by atoms with Crippen LogP contribution in [-0.4, -0.2) is 60.2 Å². The average molecular weight is 457 g/mol. The van der Waals surface area contributed by atoms with E-state index in [1.54, 1.807) is 0 Å². The van der Waals surface area contributed by atoms with Gasteiger partial charge < -0.3 is 10.2 Å². The molecule has 0 atom stereocenters. The molecule has 0 saturated heterocycles. The fraction of sp³-hybridized carbons (Fsp3) is 0.235. The summed E-state index contributed by atoms with van der Waals surface area (Å²) >= 11 is 0.405. The van der Waals surface area contributed by atoms with Gasteiger partial charge in [0, 0.05) is 24.7 Å². The molecule has 0 saturated carbocycles. The Hall–Kier alpha value is -2.77. The minimum absolute atomic E-state index is 0.0263. The number of anilines is 1. The number of fused-ring (bicyclic) bond motifs is 1. The van der Waals surface area contributed by atoms with E-state index in [2.05, 4.69) is 15.6 Å². The Morgan fingerprint density at radius 1 is 1.23 bits per heavy atom. The standard InChI is InChI=1S/C17H17F2N5O4S2/c1-23(2)30(26,27)13-7-8-14-15(9-13)24(22-21-14)28-10-16(25)20-11-3-5-12(6-4-11)29-17(18)19/h3-9,17H,10H2,1-2H3,(H,20,25). The third kappa shape index (κ3) is 5.04. The first-order valence-electron chi connectivity index (χ1n) is 8.43. The number of aromatic nitrogens is 3. The van der Waals surface area contributed by atoms with Crippen molar-refractivity contribution in [1.29, 1.82) is 0 Å². The summed E-state index contributed by atoms with van der Waals surface area (Å²) < 4.78 is 50.3. The predicted octanol–water partition coefficient (Wildman–Crippen LogP) is 2.06. The number of hydrogen-bond acceptors (Lipinski definition) is 7. The number of hydrogen-bond donors (Lipinski definition) is 1. The molecule has 0 bridgehead atoms. The highest BCUT2D eigenvalue weighted by atomic mass is 32.2. The molecular formula is C17H17F2N5O4S2. The molecule has 2 aromatic carbocycles. The van der Waals surface area contributed by atoms with Crippen molar-refractivity contribution < 1.29 is 26.8 Å². The van der Waals surface area contributed by atoms with Gasteiger partial charge in [-0.2, -0.15) is 8.78 Å². The number of sulfonamides is 1. The van der Waals surface area contributed by atoms with Crippen LogP contribution in [-0.2, 0) is 14.8 Å².